The van der Waals surface area contributed by atoms with Crippen LogP contribution in [0, 0.1) is 0 Å². The van der Waals surface area contributed by atoms with Crippen molar-refractivity contribution in [3.05, 3.63) is 0 Å². The van der Waals surface area contributed by atoms with Crippen LogP contribution in [0.15, 0.2) is 0 Å². The fraction of sp³-hybridized carbons (Fsp3) is 0.882. The number of nitrogens with two attached hydrogens (primary N) is 1. The van der Waals surface area contributed by atoms with Gasteiger partial charge in [0.25, 0.3) is 0 Å². The molecule has 0 radical (unpaired) electrons. The molecular weight excluding hydrogens is 289 g/mol. The van der Waals surface area contributed by atoms with Crippen LogP contribution >= 0.6 is 0 Å². The fourth-order valence-corrected chi connectivity index (χ4v) is 2.33. The number of Topliss-reactive ketones (excluding diaryl/α,β-unsaturated/α-hetero) is 1. The molecular formula is C17H34NNaO3. The first-order valence-electron chi connectivity index (χ1n) is 8.48. The second-order valence-corrected chi connectivity index (χ2v) is 6.22. The van der Waals surface area contributed by atoms with Gasteiger partial charge in [0.2, 0.25) is 0 Å². The molecule has 0 saturated heterocycles. The summed E-state index contributed by atoms with van der Waals surface area (Å²) in [6.07, 6.45) is 13.6. The zero-order chi connectivity index (χ0) is 16.1. The molecule has 4 nitrogen and oxygen atoms in total. The summed E-state index contributed by atoms with van der Waals surface area (Å²) in [5.74, 6) is -1.61. The summed E-state index contributed by atoms with van der Waals surface area (Å²) in [6, 6.07) is 0. The summed E-state index contributed by atoms with van der Waals surface area (Å²) < 4.78 is 0. The van der Waals surface area contributed by atoms with Crippen molar-refractivity contribution in [2.75, 3.05) is 0 Å². The number of aliphatic carboxylic acids is 1. The molecule has 0 aromatic heterocycles. The number of hydrogen-bond acceptors (Lipinski definition) is 3. The Balaban J connectivity index is -0.00000200. The van der Waals surface area contributed by atoms with Crippen molar-refractivity contribution in [2.24, 2.45) is 5.73 Å². The minimum absolute atomic E-state index is 0. The Bertz CT molecular complexity index is 312. The third-order valence-corrected chi connectivity index (χ3v) is 4.03. The van der Waals surface area contributed by atoms with E-state index in [1.54, 1.807) is 0 Å². The van der Waals surface area contributed by atoms with Crippen LogP contribution in [0.25, 0.3) is 0 Å². The second kappa shape index (κ2) is 14.7. The van der Waals surface area contributed by atoms with Crippen molar-refractivity contribution in [3.63, 3.8) is 0 Å². The first-order valence-corrected chi connectivity index (χ1v) is 8.48. The van der Waals surface area contributed by atoms with Crippen molar-refractivity contribution in [3.8, 4) is 0 Å². The number of hydrogen-bond donors (Lipinski definition) is 2. The van der Waals surface area contributed by atoms with Gasteiger partial charge in [0.15, 0.2) is 11.3 Å². The standard InChI is InChI=1S/C17H33NO3.Na.H/c1-3-4-5-6-7-8-9-10-11-12-13-14-15(19)17(2,18)16(20)21;;/h3-14,18H2,1-2H3,(H,20,21);;/q;+1;-1. The van der Waals surface area contributed by atoms with E-state index in [4.69, 9.17) is 10.8 Å². The summed E-state index contributed by atoms with van der Waals surface area (Å²) in [5, 5.41) is 8.84. The molecule has 1 atom stereocenters. The van der Waals surface area contributed by atoms with Crippen LogP contribution in [-0.2, 0) is 9.59 Å². The molecule has 0 heterocycles. The molecule has 0 rings (SSSR count). The third kappa shape index (κ3) is 11.6. The summed E-state index contributed by atoms with van der Waals surface area (Å²) in [7, 11) is 0. The minimum atomic E-state index is -1.72. The molecule has 0 fully saturated rings. The van der Waals surface area contributed by atoms with Crippen LogP contribution < -0.4 is 35.3 Å². The molecule has 22 heavy (non-hydrogen) atoms. The number of carbonyl (C=O) groups is 2. The normalized spacial score (nSPS) is 13.2. The van der Waals surface area contributed by atoms with E-state index < -0.39 is 11.5 Å². The maximum Gasteiger partial charge on any atom is 1.00 e. The van der Waals surface area contributed by atoms with E-state index in [0.29, 0.717) is 0 Å². The molecule has 0 saturated carbocycles. The van der Waals surface area contributed by atoms with Crippen LogP contribution in [-0.4, -0.2) is 22.4 Å². The van der Waals surface area contributed by atoms with E-state index >= 15 is 0 Å². The van der Waals surface area contributed by atoms with Gasteiger partial charge in [-0.1, -0.05) is 71.1 Å². The van der Waals surface area contributed by atoms with Crippen molar-refractivity contribution in [2.45, 2.75) is 96.4 Å². The van der Waals surface area contributed by atoms with E-state index in [9.17, 15) is 9.59 Å². The topological polar surface area (TPSA) is 80.4 Å². The van der Waals surface area contributed by atoms with Crippen molar-refractivity contribution in [1.29, 1.82) is 0 Å². The third-order valence-electron chi connectivity index (χ3n) is 4.03. The molecule has 0 amide bonds. The van der Waals surface area contributed by atoms with E-state index in [1.165, 1.54) is 58.3 Å². The SMILES string of the molecule is CCCCCCCCCCCCCC(=O)C(C)(N)C(=O)O.[H-].[Na+]. The molecule has 5 heteroatoms. The quantitative estimate of drug-likeness (QED) is 0.286. The van der Waals surface area contributed by atoms with Gasteiger partial charge in [-0.25, -0.2) is 4.79 Å². The van der Waals surface area contributed by atoms with Gasteiger partial charge in [-0.2, -0.15) is 0 Å². The molecule has 0 aliphatic rings. The van der Waals surface area contributed by atoms with Gasteiger partial charge in [0.05, 0.1) is 0 Å². The summed E-state index contributed by atoms with van der Waals surface area (Å²) >= 11 is 0. The number of rotatable bonds is 14. The monoisotopic (exact) mass is 323 g/mol. The molecule has 0 aliphatic carbocycles. The van der Waals surface area contributed by atoms with Crippen LogP contribution in [0.3, 0.4) is 0 Å². The Morgan fingerprint density at radius 2 is 1.27 bits per heavy atom. The van der Waals surface area contributed by atoms with Gasteiger partial charge in [-0.15, -0.1) is 0 Å². The van der Waals surface area contributed by atoms with Crippen LogP contribution in [0.5, 0.6) is 0 Å². The second-order valence-electron chi connectivity index (χ2n) is 6.22. The zero-order valence-corrected chi connectivity index (χ0v) is 16.8. The molecule has 0 spiro atoms. The number of carboxylic acids is 1. The van der Waals surface area contributed by atoms with E-state index in [0.717, 1.165) is 19.3 Å². The zero-order valence-electron chi connectivity index (χ0n) is 15.8. The smallest absolute Gasteiger partial charge is 1.00 e. The Morgan fingerprint density at radius 3 is 1.64 bits per heavy atom. The van der Waals surface area contributed by atoms with Gasteiger partial charge >= 0.3 is 35.5 Å². The van der Waals surface area contributed by atoms with Gasteiger partial charge < -0.3 is 12.3 Å². The average Bonchev–Trinajstić information content (AvgIpc) is 2.44. The predicted molar refractivity (Wildman–Crippen MR) is 87.4 cm³/mol. The molecule has 1 unspecified atom stereocenters. The van der Waals surface area contributed by atoms with Gasteiger partial charge in [0.1, 0.15) is 0 Å². The largest absolute Gasteiger partial charge is 1.00 e. The maximum absolute atomic E-state index is 11.7. The van der Waals surface area contributed by atoms with Gasteiger partial charge in [-0.05, 0) is 13.3 Å². The molecule has 3 N–H and O–H groups in total. The molecule has 126 valence electrons. The average molecular weight is 323 g/mol. The van der Waals surface area contributed by atoms with Crippen LogP contribution in [0.4, 0.5) is 0 Å². The minimum Gasteiger partial charge on any atom is -1.00 e. The van der Waals surface area contributed by atoms with E-state index in [-0.39, 0.29) is 43.2 Å². The summed E-state index contributed by atoms with van der Waals surface area (Å²) in [4.78, 5) is 22.5. The Kier molecular flexibility index (Phi) is 16.2. The van der Waals surface area contributed by atoms with Gasteiger partial charge in [-0.3, -0.25) is 4.79 Å². The number of unbranched alkanes of at least 4 members (excludes halogenated alkanes) is 10. The van der Waals surface area contributed by atoms with Crippen molar-refractivity contribution < 1.29 is 45.7 Å². The van der Waals surface area contributed by atoms with Crippen LogP contribution in [0.2, 0.25) is 0 Å². The number of carbonyl (C=O) groups excluding carboxylic acids is 1. The van der Waals surface area contributed by atoms with Crippen LogP contribution in [0.1, 0.15) is 92.3 Å². The Labute approximate surface area is 159 Å². The molecule has 0 aromatic carbocycles. The van der Waals surface area contributed by atoms with E-state index in [2.05, 4.69) is 6.92 Å². The van der Waals surface area contributed by atoms with E-state index in [1.807, 2.05) is 0 Å². The first kappa shape index (κ1) is 24.4. The predicted octanol–water partition coefficient (Wildman–Crippen LogP) is 1.18. The Hall–Kier alpha value is 0.100. The first-order chi connectivity index (χ1) is 9.92. The number of ketones is 1. The van der Waals surface area contributed by atoms with Crippen molar-refractivity contribution in [1.82, 2.24) is 0 Å². The Morgan fingerprint density at radius 1 is 0.909 bits per heavy atom. The summed E-state index contributed by atoms with van der Waals surface area (Å²) in [5.41, 5.74) is 3.76. The molecule has 0 bridgehead atoms. The maximum atomic E-state index is 11.7. The van der Waals surface area contributed by atoms with Gasteiger partial charge in [0, 0.05) is 6.42 Å². The number of carboxylic acid groups (broad SMARTS) is 1. The van der Waals surface area contributed by atoms with Crippen molar-refractivity contribution >= 4 is 11.8 Å². The molecule has 0 aromatic rings. The molecule has 0 aliphatic heterocycles. The summed E-state index contributed by atoms with van der Waals surface area (Å²) in [6.45, 7) is 3.50. The fourth-order valence-electron chi connectivity index (χ4n) is 2.33.